The van der Waals surface area contributed by atoms with Gasteiger partial charge in [-0.15, -0.1) is 0 Å². The van der Waals surface area contributed by atoms with E-state index in [1.807, 2.05) is 43.3 Å². The number of nitrogens with zero attached hydrogens (tertiary/aromatic N) is 1. The molecule has 1 aliphatic heterocycles. The number of aryl methyl sites for hydroxylation is 1. The number of anilines is 1. The van der Waals surface area contributed by atoms with Crippen molar-refractivity contribution in [3.63, 3.8) is 0 Å². The molecule has 6 heteroatoms. The van der Waals surface area contributed by atoms with Crippen LogP contribution < -0.4 is 9.62 Å². The van der Waals surface area contributed by atoms with Crippen molar-refractivity contribution < 1.29 is 13.2 Å². The van der Waals surface area contributed by atoms with Gasteiger partial charge in [-0.05, 0) is 55.1 Å². The molecule has 29 heavy (non-hydrogen) atoms. The van der Waals surface area contributed by atoms with E-state index in [0.717, 1.165) is 54.8 Å². The molecule has 0 spiro atoms. The van der Waals surface area contributed by atoms with Crippen LogP contribution in [0.2, 0.25) is 0 Å². The zero-order valence-corrected chi connectivity index (χ0v) is 18.5. The van der Waals surface area contributed by atoms with Crippen LogP contribution >= 0.6 is 0 Å². The third-order valence-electron chi connectivity index (χ3n) is 5.58. The Labute approximate surface area is 175 Å². The maximum Gasteiger partial charge on any atom is 0.264 e. The van der Waals surface area contributed by atoms with Gasteiger partial charge in [-0.1, -0.05) is 49.6 Å². The quantitative estimate of drug-likeness (QED) is 0.615. The van der Waals surface area contributed by atoms with Crippen LogP contribution in [0.1, 0.15) is 54.8 Å². The number of benzene rings is 2. The van der Waals surface area contributed by atoms with Crippen molar-refractivity contribution in [1.82, 2.24) is 5.32 Å². The lowest BCUT2D eigenvalue weighted by molar-refractivity contribution is 0.192. The van der Waals surface area contributed by atoms with E-state index in [9.17, 15) is 8.42 Å². The van der Waals surface area contributed by atoms with Crippen molar-refractivity contribution in [2.45, 2.75) is 50.0 Å². The summed E-state index contributed by atoms with van der Waals surface area (Å²) in [5.74, 6) is 0. The van der Waals surface area contributed by atoms with Crippen LogP contribution in [0, 0.1) is 6.92 Å². The standard InChI is InChI=1S/C23H32N2O3S/c1-18-13-14-20-22(17-18)29(26,27)25(2)21-12-8-7-11-19(21)23(20)24-15-9-5-4-6-10-16-28-3/h7-8,11-14,17,23-24H,4-6,9-10,15-16H2,1-3H3. The molecule has 0 saturated carbocycles. The van der Waals surface area contributed by atoms with Crippen LogP contribution in [-0.4, -0.2) is 35.7 Å². The first-order valence-electron chi connectivity index (χ1n) is 10.4. The molecule has 158 valence electrons. The Morgan fingerprint density at radius 1 is 1.00 bits per heavy atom. The van der Waals surface area contributed by atoms with Gasteiger partial charge in [0.1, 0.15) is 0 Å². The average molecular weight is 417 g/mol. The first-order chi connectivity index (χ1) is 14.0. The highest BCUT2D eigenvalue weighted by atomic mass is 32.2. The maximum absolute atomic E-state index is 13.3. The molecule has 3 rings (SSSR count). The Hall–Kier alpha value is -1.89. The zero-order chi connectivity index (χ0) is 20.9. The molecule has 2 aromatic rings. The average Bonchev–Trinajstić information content (AvgIpc) is 2.78. The van der Waals surface area contributed by atoms with Crippen molar-refractivity contribution in [2.24, 2.45) is 0 Å². The highest BCUT2D eigenvalue weighted by Crippen LogP contribution is 2.40. The normalized spacial score (nSPS) is 17.5. The predicted octanol–water partition coefficient (Wildman–Crippen LogP) is 4.41. The van der Waals surface area contributed by atoms with Gasteiger partial charge in [0.15, 0.2) is 0 Å². The Kier molecular flexibility index (Phi) is 7.33. The van der Waals surface area contributed by atoms with E-state index in [1.54, 1.807) is 20.2 Å². The molecule has 1 aliphatic rings. The SMILES string of the molecule is COCCCCCCCNC1c2ccccc2N(C)S(=O)(=O)c2cc(C)ccc21. The van der Waals surface area contributed by atoms with Crippen molar-refractivity contribution in [1.29, 1.82) is 0 Å². The Morgan fingerprint density at radius 2 is 1.72 bits per heavy atom. The van der Waals surface area contributed by atoms with Crippen LogP contribution in [-0.2, 0) is 14.8 Å². The minimum atomic E-state index is -3.59. The molecular weight excluding hydrogens is 384 g/mol. The second kappa shape index (κ2) is 9.74. The molecule has 1 atom stereocenters. The Morgan fingerprint density at radius 3 is 2.52 bits per heavy atom. The fourth-order valence-corrected chi connectivity index (χ4v) is 5.47. The summed E-state index contributed by atoms with van der Waals surface area (Å²) < 4.78 is 33.1. The molecule has 1 unspecified atom stereocenters. The van der Waals surface area contributed by atoms with Crippen molar-refractivity contribution in [3.8, 4) is 0 Å². The maximum atomic E-state index is 13.3. The van der Waals surface area contributed by atoms with Gasteiger partial charge in [-0.25, -0.2) is 8.42 Å². The minimum Gasteiger partial charge on any atom is -0.385 e. The number of hydrogen-bond donors (Lipinski definition) is 1. The molecule has 0 aromatic heterocycles. The van der Waals surface area contributed by atoms with Gasteiger partial charge in [0, 0.05) is 20.8 Å². The molecule has 0 amide bonds. The molecule has 0 saturated heterocycles. The van der Waals surface area contributed by atoms with E-state index in [-0.39, 0.29) is 6.04 Å². The van der Waals surface area contributed by atoms with E-state index >= 15 is 0 Å². The molecule has 5 nitrogen and oxygen atoms in total. The monoisotopic (exact) mass is 416 g/mol. The third-order valence-corrected chi connectivity index (χ3v) is 7.41. The number of fused-ring (bicyclic) bond motifs is 2. The second-order valence-corrected chi connectivity index (χ2v) is 9.66. The van der Waals surface area contributed by atoms with Crippen LogP contribution in [0.15, 0.2) is 47.4 Å². The summed E-state index contributed by atoms with van der Waals surface area (Å²) in [6.45, 7) is 3.61. The molecule has 0 bridgehead atoms. The summed E-state index contributed by atoms with van der Waals surface area (Å²) in [6, 6.07) is 13.4. The highest BCUT2D eigenvalue weighted by Gasteiger charge is 2.34. The predicted molar refractivity (Wildman–Crippen MR) is 118 cm³/mol. The summed E-state index contributed by atoms with van der Waals surface area (Å²) >= 11 is 0. The summed E-state index contributed by atoms with van der Waals surface area (Å²) in [4.78, 5) is 0.397. The molecular formula is C23H32N2O3S. The summed E-state index contributed by atoms with van der Waals surface area (Å²) in [7, 11) is -0.210. The van der Waals surface area contributed by atoms with Crippen LogP contribution in [0.4, 0.5) is 5.69 Å². The molecule has 0 fully saturated rings. The highest BCUT2D eigenvalue weighted by molar-refractivity contribution is 7.92. The number of unbranched alkanes of at least 4 members (excludes halogenated alkanes) is 4. The number of rotatable bonds is 9. The lowest BCUT2D eigenvalue weighted by Crippen LogP contribution is -2.26. The van der Waals surface area contributed by atoms with Crippen molar-refractivity contribution in [2.75, 3.05) is 31.6 Å². The number of methoxy groups -OCH3 is 1. The van der Waals surface area contributed by atoms with Gasteiger partial charge in [0.05, 0.1) is 16.6 Å². The third kappa shape index (κ3) is 4.82. The van der Waals surface area contributed by atoms with E-state index < -0.39 is 10.0 Å². The van der Waals surface area contributed by atoms with Crippen LogP contribution in [0.25, 0.3) is 0 Å². The van der Waals surface area contributed by atoms with E-state index in [0.29, 0.717) is 4.90 Å². The summed E-state index contributed by atoms with van der Waals surface area (Å²) in [6.07, 6.45) is 5.71. The lowest BCUT2D eigenvalue weighted by atomic mass is 9.96. The van der Waals surface area contributed by atoms with Gasteiger partial charge in [-0.3, -0.25) is 4.31 Å². The smallest absolute Gasteiger partial charge is 0.264 e. The van der Waals surface area contributed by atoms with Gasteiger partial charge in [0.2, 0.25) is 0 Å². The van der Waals surface area contributed by atoms with Crippen LogP contribution in [0.3, 0.4) is 0 Å². The van der Waals surface area contributed by atoms with Crippen molar-refractivity contribution in [3.05, 3.63) is 59.2 Å². The summed E-state index contributed by atoms with van der Waals surface area (Å²) in [5, 5.41) is 3.64. The molecule has 1 N–H and O–H groups in total. The topological polar surface area (TPSA) is 58.6 Å². The van der Waals surface area contributed by atoms with E-state index in [2.05, 4.69) is 5.32 Å². The fraction of sp³-hybridized carbons (Fsp3) is 0.478. The number of para-hydroxylation sites is 1. The largest absolute Gasteiger partial charge is 0.385 e. The number of nitrogens with one attached hydrogen (secondary N) is 1. The molecule has 1 heterocycles. The minimum absolute atomic E-state index is 0.144. The second-order valence-electron chi connectivity index (χ2n) is 7.72. The summed E-state index contributed by atoms with van der Waals surface area (Å²) in [5.41, 5.74) is 3.51. The van der Waals surface area contributed by atoms with Gasteiger partial charge >= 0.3 is 0 Å². The van der Waals surface area contributed by atoms with Crippen LogP contribution in [0.5, 0.6) is 0 Å². The fourth-order valence-electron chi connectivity index (χ4n) is 3.93. The van der Waals surface area contributed by atoms with E-state index in [1.165, 1.54) is 17.1 Å². The van der Waals surface area contributed by atoms with E-state index in [4.69, 9.17) is 4.74 Å². The number of ether oxygens (including phenoxy) is 1. The van der Waals surface area contributed by atoms with Gasteiger partial charge < -0.3 is 10.1 Å². The number of sulfonamides is 1. The lowest BCUT2D eigenvalue weighted by Gasteiger charge is -2.22. The first kappa shape index (κ1) is 21.8. The van der Waals surface area contributed by atoms with Gasteiger partial charge in [-0.2, -0.15) is 0 Å². The van der Waals surface area contributed by atoms with Gasteiger partial charge in [0.25, 0.3) is 10.0 Å². The number of hydrogen-bond acceptors (Lipinski definition) is 4. The molecule has 2 aromatic carbocycles. The first-order valence-corrected chi connectivity index (χ1v) is 11.8. The van der Waals surface area contributed by atoms with Crippen molar-refractivity contribution >= 4 is 15.7 Å². The zero-order valence-electron chi connectivity index (χ0n) is 17.6. The molecule has 0 radical (unpaired) electrons. The Balaban J connectivity index is 1.82. The molecule has 0 aliphatic carbocycles. The Bertz CT molecular complexity index is 927.